The summed E-state index contributed by atoms with van der Waals surface area (Å²) in [5.41, 5.74) is 1.44. The summed E-state index contributed by atoms with van der Waals surface area (Å²) >= 11 is 0. The van der Waals surface area contributed by atoms with Crippen molar-refractivity contribution in [2.45, 2.75) is 13.0 Å². The zero-order chi connectivity index (χ0) is 13.0. The zero-order valence-electron chi connectivity index (χ0n) is 9.77. The Morgan fingerprint density at radius 1 is 1.56 bits per heavy atom. The van der Waals surface area contributed by atoms with E-state index >= 15 is 0 Å². The molecule has 5 heteroatoms. The van der Waals surface area contributed by atoms with Gasteiger partial charge in [0.2, 0.25) is 11.8 Å². The van der Waals surface area contributed by atoms with Gasteiger partial charge < -0.3 is 10.6 Å². The highest BCUT2D eigenvalue weighted by molar-refractivity contribution is 5.89. The fraction of sp³-hybridized carbons (Fsp3) is 0.308. The third-order valence-electron chi connectivity index (χ3n) is 2.87. The molecule has 1 unspecified atom stereocenters. The van der Waals surface area contributed by atoms with Crippen LogP contribution in [0.15, 0.2) is 24.3 Å². The molecule has 1 aliphatic heterocycles. The van der Waals surface area contributed by atoms with E-state index in [0.29, 0.717) is 18.7 Å². The van der Waals surface area contributed by atoms with Crippen molar-refractivity contribution in [3.63, 3.8) is 0 Å². The van der Waals surface area contributed by atoms with E-state index in [-0.39, 0.29) is 24.2 Å². The van der Waals surface area contributed by atoms with Gasteiger partial charge in [-0.2, -0.15) is 5.26 Å². The van der Waals surface area contributed by atoms with Gasteiger partial charge in [0.1, 0.15) is 0 Å². The highest BCUT2D eigenvalue weighted by Gasteiger charge is 2.27. The van der Waals surface area contributed by atoms with Crippen LogP contribution in [0, 0.1) is 17.2 Å². The first-order valence-corrected chi connectivity index (χ1v) is 5.72. The number of nitrogens with zero attached hydrogens (tertiary/aromatic N) is 1. The summed E-state index contributed by atoms with van der Waals surface area (Å²) in [4.78, 5) is 22.7. The molecule has 2 amide bonds. The molecule has 0 aromatic heterocycles. The minimum Gasteiger partial charge on any atom is -0.355 e. The van der Waals surface area contributed by atoms with Crippen molar-refractivity contribution < 1.29 is 9.59 Å². The molecule has 1 aromatic rings. The van der Waals surface area contributed by atoms with Crippen molar-refractivity contribution in [3.05, 3.63) is 35.4 Å². The lowest BCUT2D eigenvalue weighted by molar-refractivity contribution is -0.126. The van der Waals surface area contributed by atoms with E-state index < -0.39 is 0 Å². The maximum absolute atomic E-state index is 11.8. The molecule has 5 nitrogen and oxygen atoms in total. The molecule has 18 heavy (non-hydrogen) atoms. The van der Waals surface area contributed by atoms with Gasteiger partial charge in [-0.25, -0.2) is 0 Å². The zero-order valence-corrected chi connectivity index (χ0v) is 9.77. The second-order valence-electron chi connectivity index (χ2n) is 4.24. The predicted molar refractivity (Wildman–Crippen MR) is 64.1 cm³/mol. The van der Waals surface area contributed by atoms with Crippen LogP contribution in [-0.2, 0) is 16.1 Å². The van der Waals surface area contributed by atoms with Gasteiger partial charge in [-0.15, -0.1) is 0 Å². The summed E-state index contributed by atoms with van der Waals surface area (Å²) < 4.78 is 0. The molecular formula is C13H13N3O2. The molecule has 0 radical (unpaired) electrons. The number of rotatable bonds is 3. The molecule has 92 valence electrons. The molecule has 1 atom stereocenters. The topological polar surface area (TPSA) is 82.0 Å². The third-order valence-corrected chi connectivity index (χ3v) is 2.87. The van der Waals surface area contributed by atoms with Crippen molar-refractivity contribution in [1.29, 1.82) is 5.26 Å². The molecular weight excluding hydrogens is 230 g/mol. The summed E-state index contributed by atoms with van der Waals surface area (Å²) in [7, 11) is 0. The smallest absolute Gasteiger partial charge is 0.225 e. The monoisotopic (exact) mass is 243 g/mol. The molecule has 1 fully saturated rings. The Kier molecular flexibility index (Phi) is 3.58. The minimum atomic E-state index is -0.281. The molecule has 0 saturated carbocycles. The Morgan fingerprint density at radius 3 is 3.06 bits per heavy atom. The highest BCUT2D eigenvalue weighted by atomic mass is 16.2. The average molecular weight is 243 g/mol. The Balaban J connectivity index is 1.89. The lowest BCUT2D eigenvalue weighted by atomic mass is 10.1. The lowest BCUT2D eigenvalue weighted by Gasteiger charge is -2.09. The molecule has 2 rings (SSSR count). The number of carbonyl (C=O) groups excluding carboxylic acids is 2. The van der Waals surface area contributed by atoms with Gasteiger partial charge in [0.15, 0.2) is 0 Å². The minimum absolute atomic E-state index is 0.0818. The summed E-state index contributed by atoms with van der Waals surface area (Å²) in [5, 5.41) is 14.2. The van der Waals surface area contributed by atoms with E-state index in [9.17, 15) is 9.59 Å². The van der Waals surface area contributed by atoms with E-state index in [1.54, 1.807) is 18.2 Å². The molecule has 0 bridgehead atoms. The average Bonchev–Trinajstić information content (AvgIpc) is 2.83. The summed E-state index contributed by atoms with van der Waals surface area (Å²) in [5.74, 6) is -0.492. The molecule has 0 spiro atoms. The molecule has 1 saturated heterocycles. The van der Waals surface area contributed by atoms with Gasteiger partial charge in [-0.3, -0.25) is 9.59 Å². The highest BCUT2D eigenvalue weighted by Crippen LogP contribution is 2.09. The van der Waals surface area contributed by atoms with E-state index in [0.717, 1.165) is 5.56 Å². The molecule has 2 N–H and O–H groups in total. The van der Waals surface area contributed by atoms with Crippen LogP contribution in [0.4, 0.5) is 0 Å². The second-order valence-corrected chi connectivity index (χ2v) is 4.24. The van der Waals surface area contributed by atoms with Crippen LogP contribution >= 0.6 is 0 Å². The number of amides is 2. The first-order chi connectivity index (χ1) is 8.69. The van der Waals surface area contributed by atoms with Crippen LogP contribution in [0.5, 0.6) is 0 Å². The molecule has 1 aliphatic rings. The van der Waals surface area contributed by atoms with Crippen LogP contribution in [-0.4, -0.2) is 18.4 Å². The van der Waals surface area contributed by atoms with E-state index in [1.807, 2.05) is 12.1 Å². The van der Waals surface area contributed by atoms with Gasteiger partial charge in [-0.1, -0.05) is 12.1 Å². The van der Waals surface area contributed by atoms with Crippen molar-refractivity contribution in [3.8, 4) is 6.07 Å². The first-order valence-electron chi connectivity index (χ1n) is 5.72. The normalized spacial score (nSPS) is 17.9. The number of hydrogen-bond acceptors (Lipinski definition) is 3. The molecule has 0 aliphatic carbocycles. The lowest BCUT2D eigenvalue weighted by Crippen LogP contribution is -2.31. The summed E-state index contributed by atoms with van der Waals surface area (Å²) in [6, 6.07) is 9.12. The third kappa shape index (κ3) is 2.86. The summed E-state index contributed by atoms with van der Waals surface area (Å²) in [6.45, 7) is 0.780. The number of benzene rings is 1. The van der Waals surface area contributed by atoms with Crippen LogP contribution < -0.4 is 10.6 Å². The predicted octanol–water partition coefficient (Wildman–Crippen LogP) is 0.311. The van der Waals surface area contributed by atoms with Crippen LogP contribution in [0.2, 0.25) is 0 Å². The van der Waals surface area contributed by atoms with Gasteiger partial charge in [0.05, 0.1) is 17.6 Å². The number of nitriles is 1. The maximum atomic E-state index is 11.8. The van der Waals surface area contributed by atoms with Crippen molar-refractivity contribution in [1.82, 2.24) is 10.6 Å². The number of nitrogens with one attached hydrogen (secondary N) is 2. The van der Waals surface area contributed by atoms with E-state index in [1.165, 1.54) is 0 Å². The Bertz CT molecular complexity index is 519. The van der Waals surface area contributed by atoms with E-state index in [4.69, 9.17) is 5.26 Å². The molecule has 1 heterocycles. The van der Waals surface area contributed by atoms with Gasteiger partial charge >= 0.3 is 0 Å². The summed E-state index contributed by atoms with van der Waals surface area (Å²) in [6.07, 6.45) is 0.254. The van der Waals surface area contributed by atoms with E-state index in [2.05, 4.69) is 10.6 Å². The molecule has 1 aromatic carbocycles. The Morgan fingerprint density at radius 2 is 2.39 bits per heavy atom. The fourth-order valence-corrected chi connectivity index (χ4v) is 1.87. The first kappa shape index (κ1) is 12.1. The quantitative estimate of drug-likeness (QED) is 0.801. The standard InChI is InChI=1S/C13H13N3O2/c14-6-9-2-1-3-10(4-9)7-16-13(18)11-5-12(17)15-8-11/h1-4,11H,5,7-8H2,(H,15,17)(H,16,18). The van der Waals surface area contributed by atoms with Crippen LogP contribution in [0.3, 0.4) is 0 Å². The van der Waals surface area contributed by atoms with Crippen molar-refractivity contribution in [2.24, 2.45) is 5.92 Å². The van der Waals surface area contributed by atoms with Crippen molar-refractivity contribution in [2.75, 3.05) is 6.54 Å². The van der Waals surface area contributed by atoms with Crippen molar-refractivity contribution >= 4 is 11.8 Å². The Labute approximate surface area is 105 Å². The van der Waals surface area contributed by atoms with Crippen LogP contribution in [0.25, 0.3) is 0 Å². The van der Waals surface area contributed by atoms with Gasteiger partial charge in [0, 0.05) is 19.5 Å². The fourth-order valence-electron chi connectivity index (χ4n) is 1.87. The SMILES string of the molecule is N#Cc1cccc(CNC(=O)C2CNC(=O)C2)c1. The maximum Gasteiger partial charge on any atom is 0.225 e. The largest absolute Gasteiger partial charge is 0.355 e. The van der Waals surface area contributed by atoms with Gasteiger partial charge in [0.25, 0.3) is 0 Å². The number of carbonyl (C=O) groups is 2. The number of hydrogen-bond donors (Lipinski definition) is 2. The van der Waals surface area contributed by atoms with Gasteiger partial charge in [-0.05, 0) is 17.7 Å². The Hall–Kier alpha value is -2.35. The second kappa shape index (κ2) is 5.32. The van der Waals surface area contributed by atoms with Crippen LogP contribution in [0.1, 0.15) is 17.5 Å².